The number of imidazole rings is 1. The SMILES string of the molecule is COc1ncnc2ccn(-c3cnc4nc(C)n(Cc5cccc(N)c5)c4c3)c12. The molecule has 0 aliphatic heterocycles. The Hall–Kier alpha value is -3.94. The molecule has 29 heavy (non-hydrogen) atoms. The number of hydrogen-bond donors (Lipinski definition) is 1. The normalized spacial score (nSPS) is 11.4. The Bertz CT molecular complexity index is 1350. The van der Waals surface area contributed by atoms with E-state index in [1.165, 1.54) is 6.33 Å². The quantitative estimate of drug-likeness (QED) is 0.478. The van der Waals surface area contributed by atoms with Gasteiger partial charge in [-0.3, -0.25) is 0 Å². The largest absolute Gasteiger partial charge is 0.479 e. The van der Waals surface area contributed by atoms with Crippen LogP contribution in [0.15, 0.2) is 55.1 Å². The number of fused-ring (bicyclic) bond motifs is 2. The van der Waals surface area contributed by atoms with Crippen LogP contribution in [0, 0.1) is 6.92 Å². The minimum atomic E-state index is 0.518. The minimum absolute atomic E-state index is 0.518. The second-order valence-electron chi connectivity index (χ2n) is 6.83. The summed E-state index contributed by atoms with van der Waals surface area (Å²) in [7, 11) is 1.60. The molecule has 0 fully saturated rings. The first-order valence-corrected chi connectivity index (χ1v) is 9.18. The number of nitrogens with two attached hydrogens (primary N) is 1. The number of nitrogen functional groups attached to an aromatic ring is 1. The summed E-state index contributed by atoms with van der Waals surface area (Å²) in [5, 5.41) is 0. The highest BCUT2D eigenvalue weighted by Crippen LogP contribution is 2.27. The Kier molecular flexibility index (Phi) is 3.90. The highest BCUT2D eigenvalue weighted by atomic mass is 16.5. The van der Waals surface area contributed by atoms with Gasteiger partial charge in [-0.25, -0.2) is 15.0 Å². The highest BCUT2D eigenvalue weighted by molar-refractivity contribution is 5.83. The maximum Gasteiger partial charge on any atom is 0.241 e. The molecular weight excluding hydrogens is 366 g/mol. The molecule has 8 nitrogen and oxygen atoms in total. The van der Waals surface area contributed by atoms with Crippen LogP contribution in [0.2, 0.25) is 0 Å². The summed E-state index contributed by atoms with van der Waals surface area (Å²) in [6.45, 7) is 2.65. The number of methoxy groups -OCH3 is 1. The second kappa shape index (κ2) is 6.59. The van der Waals surface area contributed by atoms with Crippen molar-refractivity contribution >= 4 is 27.9 Å². The van der Waals surface area contributed by atoms with Crippen molar-refractivity contribution in [2.75, 3.05) is 12.8 Å². The summed E-state index contributed by atoms with van der Waals surface area (Å²) in [6, 6.07) is 11.9. The molecule has 0 spiro atoms. The lowest BCUT2D eigenvalue weighted by atomic mass is 10.2. The molecule has 0 atom stereocenters. The van der Waals surface area contributed by atoms with Gasteiger partial charge in [0.05, 0.1) is 30.0 Å². The van der Waals surface area contributed by atoms with Crippen LogP contribution in [0.1, 0.15) is 11.4 Å². The van der Waals surface area contributed by atoms with Gasteiger partial charge in [-0.05, 0) is 36.8 Å². The summed E-state index contributed by atoms with van der Waals surface area (Å²) in [5.74, 6) is 1.41. The van der Waals surface area contributed by atoms with E-state index in [0.717, 1.165) is 39.3 Å². The van der Waals surface area contributed by atoms with E-state index >= 15 is 0 Å². The number of aromatic nitrogens is 6. The first-order chi connectivity index (χ1) is 14.1. The van der Waals surface area contributed by atoms with Crippen LogP contribution in [0.5, 0.6) is 5.88 Å². The fourth-order valence-electron chi connectivity index (χ4n) is 3.62. The number of hydrogen-bond acceptors (Lipinski definition) is 6. The monoisotopic (exact) mass is 385 g/mol. The van der Waals surface area contributed by atoms with Gasteiger partial charge in [-0.1, -0.05) is 12.1 Å². The van der Waals surface area contributed by atoms with E-state index in [-0.39, 0.29) is 0 Å². The Labute approximate surface area is 166 Å². The summed E-state index contributed by atoms with van der Waals surface area (Å²) in [6.07, 6.45) is 5.23. The van der Waals surface area contributed by atoms with Gasteiger partial charge in [-0.2, -0.15) is 4.98 Å². The van der Waals surface area contributed by atoms with E-state index in [9.17, 15) is 0 Å². The summed E-state index contributed by atoms with van der Waals surface area (Å²) < 4.78 is 9.55. The van der Waals surface area contributed by atoms with Gasteiger partial charge in [0.1, 0.15) is 17.7 Å². The zero-order valence-corrected chi connectivity index (χ0v) is 16.1. The molecule has 0 saturated carbocycles. The van der Waals surface area contributed by atoms with E-state index in [0.29, 0.717) is 18.1 Å². The maximum absolute atomic E-state index is 5.94. The third kappa shape index (κ3) is 2.85. The number of benzene rings is 1. The first-order valence-electron chi connectivity index (χ1n) is 9.18. The van der Waals surface area contributed by atoms with Crippen molar-refractivity contribution in [3.63, 3.8) is 0 Å². The number of aryl methyl sites for hydroxylation is 1. The zero-order valence-electron chi connectivity index (χ0n) is 16.1. The van der Waals surface area contributed by atoms with Gasteiger partial charge >= 0.3 is 0 Å². The molecule has 0 unspecified atom stereocenters. The molecule has 5 aromatic rings. The minimum Gasteiger partial charge on any atom is -0.479 e. The number of pyridine rings is 1. The molecule has 1 aromatic carbocycles. The van der Waals surface area contributed by atoms with Crippen molar-refractivity contribution in [2.24, 2.45) is 0 Å². The molecule has 0 amide bonds. The lowest BCUT2D eigenvalue weighted by Gasteiger charge is -2.10. The lowest BCUT2D eigenvalue weighted by Crippen LogP contribution is -2.03. The van der Waals surface area contributed by atoms with Crippen molar-refractivity contribution in [2.45, 2.75) is 13.5 Å². The third-order valence-corrected chi connectivity index (χ3v) is 4.98. The van der Waals surface area contributed by atoms with Crippen LogP contribution in [-0.4, -0.2) is 36.2 Å². The van der Waals surface area contributed by atoms with E-state index < -0.39 is 0 Å². The predicted octanol–water partition coefficient (Wildman–Crippen LogP) is 3.11. The average Bonchev–Trinajstić information content (AvgIpc) is 3.29. The summed E-state index contributed by atoms with van der Waals surface area (Å²) in [4.78, 5) is 17.7. The van der Waals surface area contributed by atoms with Gasteiger partial charge in [0, 0.05) is 18.4 Å². The van der Waals surface area contributed by atoms with Gasteiger partial charge in [0.2, 0.25) is 5.88 Å². The molecule has 0 saturated heterocycles. The van der Waals surface area contributed by atoms with Crippen LogP contribution in [-0.2, 0) is 6.54 Å². The van der Waals surface area contributed by atoms with Gasteiger partial charge < -0.3 is 19.6 Å². The summed E-state index contributed by atoms with van der Waals surface area (Å²) in [5.41, 5.74) is 11.9. The number of rotatable bonds is 4. The molecule has 0 bridgehead atoms. The Morgan fingerprint density at radius 1 is 1.10 bits per heavy atom. The van der Waals surface area contributed by atoms with Crippen LogP contribution in [0.3, 0.4) is 0 Å². The van der Waals surface area contributed by atoms with Crippen molar-refractivity contribution in [3.05, 3.63) is 66.5 Å². The van der Waals surface area contributed by atoms with Crippen LogP contribution in [0.4, 0.5) is 5.69 Å². The number of ether oxygens (including phenoxy) is 1. The molecule has 8 heteroatoms. The van der Waals surface area contributed by atoms with Crippen molar-refractivity contribution < 1.29 is 4.74 Å². The first kappa shape index (κ1) is 17.2. The highest BCUT2D eigenvalue weighted by Gasteiger charge is 2.14. The Balaban J connectivity index is 1.66. The fourth-order valence-corrected chi connectivity index (χ4v) is 3.62. The molecule has 0 aliphatic carbocycles. The summed E-state index contributed by atoms with van der Waals surface area (Å²) >= 11 is 0. The average molecular weight is 385 g/mol. The fraction of sp³-hybridized carbons (Fsp3) is 0.143. The topological polar surface area (TPSA) is 96.7 Å². The zero-order chi connectivity index (χ0) is 20.0. The Morgan fingerprint density at radius 2 is 2.00 bits per heavy atom. The molecule has 2 N–H and O–H groups in total. The molecule has 4 aromatic heterocycles. The molecule has 0 aliphatic rings. The van der Waals surface area contributed by atoms with Crippen molar-refractivity contribution in [1.82, 2.24) is 29.1 Å². The molecule has 0 radical (unpaired) electrons. The van der Waals surface area contributed by atoms with Gasteiger partial charge in [0.25, 0.3) is 0 Å². The smallest absolute Gasteiger partial charge is 0.241 e. The van der Waals surface area contributed by atoms with Gasteiger partial charge in [-0.15, -0.1) is 0 Å². The second-order valence-corrected chi connectivity index (χ2v) is 6.83. The van der Waals surface area contributed by atoms with Gasteiger partial charge in [0.15, 0.2) is 5.65 Å². The molecule has 5 rings (SSSR count). The third-order valence-electron chi connectivity index (χ3n) is 4.98. The van der Waals surface area contributed by atoms with Crippen molar-refractivity contribution in [1.29, 1.82) is 0 Å². The number of nitrogens with zero attached hydrogens (tertiary/aromatic N) is 6. The van der Waals surface area contributed by atoms with Crippen LogP contribution < -0.4 is 10.5 Å². The van der Waals surface area contributed by atoms with E-state index in [4.69, 9.17) is 10.5 Å². The Morgan fingerprint density at radius 3 is 2.83 bits per heavy atom. The standard InChI is InChI=1S/C21H19N7O/c1-13-26-20-18(28(13)11-14-4-3-5-15(22)8-14)9-16(10-23-20)27-7-6-17-19(27)21(29-2)25-12-24-17/h3-10,12H,11,22H2,1-2H3. The van der Waals surface area contributed by atoms with Crippen molar-refractivity contribution in [3.8, 4) is 11.6 Å². The van der Waals surface area contributed by atoms with Crippen LogP contribution >= 0.6 is 0 Å². The van der Waals surface area contributed by atoms with E-state index in [2.05, 4.69) is 36.6 Å². The number of anilines is 1. The maximum atomic E-state index is 5.94. The van der Waals surface area contributed by atoms with Crippen LogP contribution in [0.25, 0.3) is 27.9 Å². The molecular formula is C21H19N7O. The lowest BCUT2D eigenvalue weighted by molar-refractivity contribution is 0.401. The molecule has 144 valence electrons. The van der Waals surface area contributed by atoms with E-state index in [1.807, 2.05) is 42.0 Å². The van der Waals surface area contributed by atoms with E-state index in [1.54, 1.807) is 13.3 Å². The molecule has 4 heterocycles. The predicted molar refractivity (Wildman–Crippen MR) is 111 cm³/mol.